The molecule has 0 spiro atoms. The van der Waals surface area contributed by atoms with E-state index in [1.54, 1.807) is 0 Å². The normalized spacial score (nSPS) is 12.2. The summed E-state index contributed by atoms with van der Waals surface area (Å²) >= 11 is 2.80. The molecule has 0 unspecified atom stereocenters. The zero-order valence-electron chi connectivity index (χ0n) is 10.8. The Morgan fingerprint density at radius 3 is 2.27 bits per heavy atom. The predicted octanol–water partition coefficient (Wildman–Crippen LogP) is 4.07. The molecule has 0 saturated heterocycles. The van der Waals surface area contributed by atoms with E-state index in [1.165, 1.54) is 6.92 Å². The molecule has 0 saturated carbocycles. The Labute approximate surface area is 128 Å². The highest BCUT2D eigenvalue weighted by Crippen LogP contribution is 2.36. The number of pyridine rings is 1. The maximum Gasteiger partial charge on any atom is 0.574 e. The van der Waals surface area contributed by atoms with E-state index < -0.39 is 35.6 Å². The third-order valence-corrected chi connectivity index (χ3v) is 2.79. The maximum atomic E-state index is 13.0. The van der Waals surface area contributed by atoms with Crippen molar-refractivity contribution in [1.82, 2.24) is 4.98 Å². The Morgan fingerprint density at radius 2 is 1.86 bits per heavy atom. The highest BCUT2D eigenvalue weighted by atomic mass is 79.9. The molecular weight excluding hydrogens is 388 g/mol. The van der Waals surface area contributed by atoms with Crippen molar-refractivity contribution in [3.8, 4) is 5.88 Å². The molecule has 11 heteroatoms. The summed E-state index contributed by atoms with van der Waals surface area (Å²) in [5.41, 5.74) is -3.15. The highest BCUT2D eigenvalue weighted by Gasteiger charge is 2.41. The van der Waals surface area contributed by atoms with Crippen LogP contribution in [0.2, 0.25) is 0 Å². The predicted molar refractivity (Wildman–Crippen MR) is 64.5 cm³/mol. The third kappa shape index (κ3) is 4.75. The second kappa shape index (κ2) is 6.71. The lowest BCUT2D eigenvalue weighted by Gasteiger charge is -2.16. The molecule has 0 N–H and O–H groups in total. The first kappa shape index (κ1) is 18.5. The quantitative estimate of drug-likeness (QED) is 0.438. The van der Waals surface area contributed by atoms with Crippen molar-refractivity contribution >= 4 is 21.9 Å². The zero-order valence-corrected chi connectivity index (χ0v) is 12.4. The monoisotopic (exact) mass is 395 g/mol. The smallest absolute Gasteiger partial charge is 0.462 e. The molecule has 0 atom stereocenters. The van der Waals surface area contributed by atoms with Crippen molar-refractivity contribution in [2.45, 2.75) is 24.8 Å². The summed E-state index contributed by atoms with van der Waals surface area (Å²) in [5.74, 6) is -2.65. The number of nitrogens with zero attached hydrogens (tertiary/aromatic N) is 1. The van der Waals surface area contributed by atoms with Gasteiger partial charge in [0.1, 0.15) is 0 Å². The van der Waals surface area contributed by atoms with Crippen LogP contribution in [-0.4, -0.2) is 23.9 Å². The molecule has 22 heavy (non-hydrogen) atoms. The van der Waals surface area contributed by atoms with Crippen LogP contribution in [0.25, 0.3) is 0 Å². The first-order chi connectivity index (χ1) is 9.99. The average Bonchev–Trinajstić information content (AvgIpc) is 2.34. The Balaban J connectivity index is 3.51. The fourth-order valence-electron chi connectivity index (χ4n) is 1.48. The van der Waals surface area contributed by atoms with Crippen LogP contribution in [0, 0.1) is 0 Å². The summed E-state index contributed by atoms with van der Waals surface area (Å²) in [7, 11) is 0. The van der Waals surface area contributed by atoms with Crippen molar-refractivity contribution in [3.05, 3.63) is 22.9 Å². The van der Waals surface area contributed by atoms with Gasteiger partial charge in [-0.1, -0.05) is 15.9 Å². The molecule has 1 rings (SSSR count). The number of carbonyl (C=O) groups excluding carboxylic acids is 1. The van der Waals surface area contributed by atoms with Crippen LogP contribution in [0.15, 0.2) is 6.07 Å². The maximum absolute atomic E-state index is 13.0. The number of carbonyl (C=O) groups is 1. The topological polar surface area (TPSA) is 48.4 Å². The van der Waals surface area contributed by atoms with E-state index in [-0.39, 0.29) is 17.5 Å². The minimum atomic E-state index is -5.22. The summed E-state index contributed by atoms with van der Waals surface area (Å²) in [5, 5.41) is -0.332. The number of hydrogen-bond acceptors (Lipinski definition) is 4. The van der Waals surface area contributed by atoms with Crippen molar-refractivity contribution in [3.63, 3.8) is 0 Å². The van der Waals surface area contributed by atoms with Crippen LogP contribution >= 0.6 is 15.9 Å². The summed E-state index contributed by atoms with van der Waals surface area (Å²) < 4.78 is 83.2. The SMILES string of the molecule is CCOC(=O)c1c(CBr)cc(OC(F)(F)F)nc1C(F)(F)F. The highest BCUT2D eigenvalue weighted by molar-refractivity contribution is 9.08. The molecule has 0 amide bonds. The van der Waals surface area contributed by atoms with Crippen molar-refractivity contribution in [1.29, 1.82) is 0 Å². The zero-order chi connectivity index (χ0) is 17.1. The van der Waals surface area contributed by atoms with E-state index in [0.717, 1.165) is 0 Å². The van der Waals surface area contributed by atoms with Crippen molar-refractivity contribution in [2.24, 2.45) is 0 Å². The van der Waals surface area contributed by atoms with Crippen LogP contribution < -0.4 is 4.74 Å². The van der Waals surface area contributed by atoms with Gasteiger partial charge in [0.25, 0.3) is 0 Å². The van der Waals surface area contributed by atoms with Gasteiger partial charge >= 0.3 is 18.5 Å². The molecule has 1 heterocycles. The molecule has 0 aliphatic rings. The van der Waals surface area contributed by atoms with E-state index in [1.807, 2.05) is 0 Å². The van der Waals surface area contributed by atoms with Gasteiger partial charge in [0.05, 0.1) is 12.2 Å². The number of hydrogen-bond donors (Lipinski definition) is 0. The van der Waals surface area contributed by atoms with Gasteiger partial charge in [0.15, 0.2) is 5.69 Å². The molecule has 4 nitrogen and oxygen atoms in total. The fraction of sp³-hybridized carbons (Fsp3) is 0.455. The second-order valence-corrected chi connectivity index (χ2v) is 4.30. The minimum Gasteiger partial charge on any atom is -0.462 e. The summed E-state index contributed by atoms with van der Waals surface area (Å²) in [6, 6.07) is 0.587. The van der Waals surface area contributed by atoms with E-state index in [4.69, 9.17) is 0 Å². The molecule has 1 aromatic rings. The van der Waals surface area contributed by atoms with Crippen molar-refractivity contribution in [2.75, 3.05) is 6.61 Å². The Hall–Kier alpha value is -1.52. The first-order valence-electron chi connectivity index (χ1n) is 5.59. The number of rotatable bonds is 4. The number of ether oxygens (including phenoxy) is 2. The number of esters is 1. The number of aromatic nitrogens is 1. The standard InChI is InChI=1S/C11H8BrF6NO3/c1-2-21-9(20)7-5(4-12)3-6(22-11(16,17)18)19-8(7)10(13,14)15/h3H,2,4H2,1H3. The van der Waals surface area contributed by atoms with Gasteiger partial charge in [0, 0.05) is 11.4 Å². The molecule has 0 aliphatic carbocycles. The van der Waals surface area contributed by atoms with Crippen LogP contribution in [0.3, 0.4) is 0 Å². The molecule has 124 valence electrons. The first-order valence-corrected chi connectivity index (χ1v) is 6.71. The van der Waals surface area contributed by atoms with Crippen LogP contribution in [0.4, 0.5) is 26.3 Å². The van der Waals surface area contributed by atoms with E-state index in [2.05, 4.69) is 30.4 Å². The largest absolute Gasteiger partial charge is 0.574 e. The molecule has 0 aliphatic heterocycles. The van der Waals surface area contributed by atoms with Gasteiger partial charge in [-0.25, -0.2) is 9.78 Å². The Morgan fingerprint density at radius 1 is 1.27 bits per heavy atom. The summed E-state index contributed by atoms with van der Waals surface area (Å²) in [6.07, 6.45) is -10.4. The Kier molecular flexibility index (Phi) is 5.65. The van der Waals surface area contributed by atoms with Gasteiger partial charge in [-0.2, -0.15) is 13.2 Å². The van der Waals surface area contributed by atoms with E-state index >= 15 is 0 Å². The molecule has 0 aromatic carbocycles. The Bertz CT molecular complexity index is 558. The van der Waals surface area contributed by atoms with Gasteiger partial charge in [-0.3, -0.25) is 0 Å². The van der Waals surface area contributed by atoms with Crippen LogP contribution in [0.1, 0.15) is 28.5 Å². The molecule has 1 aromatic heterocycles. The number of alkyl halides is 7. The average molecular weight is 396 g/mol. The third-order valence-electron chi connectivity index (χ3n) is 2.19. The fourth-order valence-corrected chi connectivity index (χ4v) is 1.93. The van der Waals surface area contributed by atoms with Gasteiger partial charge in [-0.05, 0) is 12.5 Å². The molecule has 0 bridgehead atoms. The summed E-state index contributed by atoms with van der Waals surface area (Å²) in [6.45, 7) is 1.16. The van der Waals surface area contributed by atoms with E-state index in [9.17, 15) is 31.1 Å². The van der Waals surface area contributed by atoms with Gasteiger partial charge in [0.2, 0.25) is 5.88 Å². The summed E-state index contributed by atoms with van der Waals surface area (Å²) in [4.78, 5) is 14.4. The second-order valence-electron chi connectivity index (χ2n) is 3.74. The van der Waals surface area contributed by atoms with Crippen molar-refractivity contribution < 1.29 is 40.6 Å². The molecular formula is C11H8BrF6NO3. The minimum absolute atomic E-state index is 0.210. The lowest BCUT2D eigenvalue weighted by Crippen LogP contribution is -2.23. The molecule has 0 radical (unpaired) electrons. The van der Waals surface area contributed by atoms with E-state index in [0.29, 0.717) is 6.07 Å². The van der Waals surface area contributed by atoms with Gasteiger partial charge < -0.3 is 9.47 Å². The lowest BCUT2D eigenvalue weighted by molar-refractivity contribution is -0.276. The van der Waals surface area contributed by atoms with Crippen LogP contribution in [-0.2, 0) is 16.2 Å². The number of halogens is 7. The lowest BCUT2D eigenvalue weighted by atomic mass is 10.1. The van der Waals surface area contributed by atoms with Crippen LogP contribution in [0.5, 0.6) is 5.88 Å². The van der Waals surface area contributed by atoms with Gasteiger partial charge in [-0.15, -0.1) is 13.2 Å². The molecule has 0 fully saturated rings.